The van der Waals surface area contributed by atoms with E-state index in [-0.39, 0.29) is 5.97 Å². The van der Waals surface area contributed by atoms with Gasteiger partial charge in [0.1, 0.15) is 5.60 Å². The normalized spacial score (nSPS) is 21.2. The van der Waals surface area contributed by atoms with Crippen molar-refractivity contribution in [1.82, 2.24) is 0 Å². The fraction of sp³-hybridized carbons (Fsp3) is 0.643. The molecule has 0 spiro atoms. The summed E-state index contributed by atoms with van der Waals surface area (Å²) in [7, 11) is 0. The monoisotopic (exact) mass is 222 g/mol. The smallest absolute Gasteiger partial charge is 0.333 e. The van der Waals surface area contributed by atoms with Gasteiger partial charge >= 0.3 is 5.97 Å². The number of rotatable bonds is 3. The van der Waals surface area contributed by atoms with E-state index in [0.717, 1.165) is 12.8 Å². The van der Waals surface area contributed by atoms with Crippen molar-refractivity contribution in [1.29, 1.82) is 0 Å². The Balaban J connectivity index is 2.76. The summed E-state index contributed by atoms with van der Waals surface area (Å²) in [4.78, 5) is 11.6. The molecule has 0 aromatic heterocycles. The highest BCUT2D eigenvalue weighted by molar-refractivity contribution is 5.87. The lowest BCUT2D eigenvalue weighted by molar-refractivity contribution is -0.155. The van der Waals surface area contributed by atoms with Gasteiger partial charge in [-0.25, -0.2) is 4.79 Å². The molecule has 0 saturated carbocycles. The molecule has 1 aliphatic carbocycles. The summed E-state index contributed by atoms with van der Waals surface area (Å²) in [5, 5.41) is 0. The predicted octanol–water partition coefficient (Wildman–Crippen LogP) is 3.63. The lowest BCUT2D eigenvalue weighted by Gasteiger charge is -2.36. The van der Waals surface area contributed by atoms with Crippen LogP contribution in [0.5, 0.6) is 0 Å². The fourth-order valence-corrected chi connectivity index (χ4v) is 2.31. The van der Waals surface area contributed by atoms with Gasteiger partial charge in [0.15, 0.2) is 0 Å². The predicted molar refractivity (Wildman–Crippen MR) is 66.1 cm³/mol. The van der Waals surface area contributed by atoms with Crippen LogP contribution in [0, 0.1) is 5.92 Å². The van der Waals surface area contributed by atoms with E-state index in [1.165, 1.54) is 12.0 Å². The maximum Gasteiger partial charge on any atom is 0.333 e. The first kappa shape index (κ1) is 13.0. The molecular formula is C14H22O2. The SMILES string of the molecule is C=C(C)C(=O)OC(C)(C)C1CCCC=C1C. The third-order valence-electron chi connectivity index (χ3n) is 3.26. The Labute approximate surface area is 98.4 Å². The molecule has 0 heterocycles. The van der Waals surface area contributed by atoms with Crippen LogP contribution in [0.15, 0.2) is 23.8 Å². The quantitative estimate of drug-likeness (QED) is 0.414. The second-order valence-electron chi connectivity index (χ2n) is 5.20. The number of carbonyl (C=O) groups excluding carboxylic acids is 1. The summed E-state index contributed by atoms with van der Waals surface area (Å²) < 4.78 is 5.53. The molecule has 0 radical (unpaired) electrons. The molecular weight excluding hydrogens is 200 g/mol. The summed E-state index contributed by atoms with van der Waals surface area (Å²) in [6.07, 6.45) is 5.67. The first-order chi connectivity index (χ1) is 7.34. The van der Waals surface area contributed by atoms with Gasteiger partial charge in [0.2, 0.25) is 0 Å². The fourth-order valence-electron chi connectivity index (χ4n) is 2.31. The van der Waals surface area contributed by atoms with Crippen molar-refractivity contribution in [2.45, 2.75) is 52.6 Å². The highest BCUT2D eigenvalue weighted by Crippen LogP contribution is 2.35. The van der Waals surface area contributed by atoms with Crippen LogP contribution in [-0.2, 0) is 9.53 Å². The van der Waals surface area contributed by atoms with E-state index in [9.17, 15) is 4.79 Å². The molecule has 1 unspecified atom stereocenters. The summed E-state index contributed by atoms with van der Waals surface area (Å²) in [5.74, 6) is 0.0490. The van der Waals surface area contributed by atoms with Crippen molar-refractivity contribution in [3.8, 4) is 0 Å². The molecule has 0 amide bonds. The summed E-state index contributed by atoms with van der Waals surface area (Å²) in [5.41, 5.74) is 1.37. The standard InChI is InChI=1S/C14H22O2/c1-10(2)13(15)16-14(4,5)12-9-7-6-8-11(12)3/h8,12H,1,6-7,9H2,2-5H3. The van der Waals surface area contributed by atoms with Gasteiger partial charge < -0.3 is 4.74 Å². The Bertz CT molecular complexity index is 324. The van der Waals surface area contributed by atoms with Gasteiger partial charge in [-0.3, -0.25) is 0 Å². The number of esters is 1. The van der Waals surface area contributed by atoms with Crippen LogP contribution in [0.25, 0.3) is 0 Å². The van der Waals surface area contributed by atoms with Gasteiger partial charge in [-0.1, -0.05) is 18.2 Å². The molecule has 0 aromatic carbocycles. The van der Waals surface area contributed by atoms with Crippen molar-refractivity contribution < 1.29 is 9.53 Å². The summed E-state index contributed by atoms with van der Waals surface area (Å²) in [6.45, 7) is 11.4. The topological polar surface area (TPSA) is 26.3 Å². The van der Waals surface area contributed by atoms with Crippen LogP contribution < -0.4 is 0 Å². The number of hydrogen-bond donors (Lipinski definition) is 0. The third kappa shape index (κ3) is 2.97. The Morgan fingerprint density at radius 1 is 1.56 bits per heavy atom. The zero-order valence-electron chi connectivity index (χ0n) is 10.8. The molecule has 0 N–H and O–H groups in total. The Morgan fingerprint density at radius 2 is 2.19 bits per heavy atom. The first-order valence-electron chi connectivity index (χ1n) is 5.90. The molecule has 2 heteroatoms. The lowest BCUT2D eigenvalue weighted by atomic mass is 9.78. The largest absolute Gasteiger partial charge is 0.456 e. The van der Waals surface area contributed by atoms with Gasteiger partial charge in [-0.2, -0.15) is 0 Å². The molecule has 1 atom stereocenters. The van der Waals surface area contributed by atoms with Gasteiger partial charge in [0.25, 0.3) is 0 Å². The minimum atomic E-state index is -0.433. The minimum Gasteiger partial charge on any atom is -0.456 e. The van der Waals surface area contributed by atoms with Crippen LogP contribution in [0.4, 0.5) is 0 Å². The Kier molecular flexibility index (Phi) is 3.95. The Morgan fingerprint density at radius 3 is 2.69 bits per heavy atom. The van der Waals surface area contributed by atoms with E-state index in [2.05, 4.69) is 19.6 Å². The van der Waals surface area contributed by atoms with Crippen LogP contribution in [0.2, 0.25) is 0 Å². The first-order valence-corrected chi connectivity index (χ1v) is 5.90. The van der Waals surface area contributed by atoms with E-state index < -0.39 is 5.60 Å². The second kappa shape index (κ2) is 4.86. The Hall–Kier alpha value is -1.05. The van der Waals surface area contributed by atoms with Crippen molar-refractivity contribution in [3.63, 3.8) is 0 Å². The number of allylic oxidation sites excluding steroid dienone is 1. The van der Waals surface area contributed by atoms with Gasteiger partial charge in [-0.15, -0.1) is 0 Å². The lowest BCUT2D eigenvalue weighted by Crippen LogP contribution is -2.38. The molecule has 90 valence electrons. The maximum absolute atomic E-state index is 11.6. The molecule has 0 aliphatic heterocycles. The third-order valence-corrected chi connectivity index (χ3v) is 3.26. The molecule has 0 fully saturated rings. The highest BCUT2D eigenvalue weighted by Gasteiger charge is 2.35. The zero-order chi connectivity index (χ0) is 12.3. The zero-order valence-corrected chi connectivity index (χ0v) is 10.8. The summed E-state index contributed by atoms with van der Waals surface area (Å²) in [6, 6.07) is 0. The molecule has 16 heavy (non-hydrogen) atoms. The molecule has 0 aromatic rings. The van der Waals surface area contributed by atoms with Crippen LogP contribution in [0.1, 0.15) is 47.0 Å². The molecule has 1 rings (SSSR count). The molecule has 2 nitrogen and oxygen atoms in total. The van der Waals surface area contributed by atoms with Crippen molar-refractivity contribution in [2.75, 3.05) is 0 Å². The van der Waals surface area contributed by atoms with Crippen LogP contribution in [0.3, 0.4) is 0 Å². The van der Waals surface area contributed by atoms with Crippen molar-refractivity contribution in [2.24, 2.45) is 5.92 Å². The van der Waals surface area contributed by atoms with Gasteiger partial charge in [0, 0.05) is 11.5 Å². The van der Waals surface area contributed by atoms with E-state index in [1.54, 1.807) is 6.92 Å². The van der Waals surface area contributed by atoms with E-state index >= 15 is 0 Å². The summed E-state index contributed by atoms with van der Waals surface area (Å²) >= 11 is 0. The van der Waals surface area contributed by atoms with E-state index in [1.807, 2.05) is 13.8 Å². The molecule has 1 aliphatic rings. The number of ether oxygens (including phenoxy) is 1. The second-order valence-corrected chi connectivity index (χ2v) is 5.20. The van der Waals surface area contributed by atoms with Crippen molar-refractivity contribution >= 4 is 5.97 Å². The van der Waals surface area contributed by atoms with Gasteiger partial charge in [-0.05, 0) is 47.0 Å². The minimum absolute atomic E-state index is 0.289. The van der Waals surface area contributed by atoms with Crippen LogP contribution >= 0.6 is 0 Å². The average Bonchev–Trinajstić information content (AvgIpc) is 2.17. The maximum atomic E-state index is 11.6. The van der Waals surface area contributed by atoms with E-state index in [4.69, 9.17) is 4.74 Å². The average molecular weight is 222 g/mol. The molecule has 0 saturated heterocycles. The highest BCUT2D eigenvalue weighted by atomic mass is 16.6. The van der Waals surface area contributed by atoms with Crippen LogP contribution in [-0.4, -0.2) is 11.6 Å². The van der Waals surface area contributed by atoms with Gasteiger partial charge in [0.05, 0.1) is 0 Å². The number of carbonyl (C=O) groups is 1. The van der Waals surface area contributed by atoms with Crippen molar-refractivity contribution in [3.05, 3.63) is 23.8 Å². The number of hydrogen-bond acceptors (Lipinski definition) is 2. The molecule has 0 bridgehead atoms. The van der Waals surface area contributed by atoms with E-state index in [0.29, 0.717) is 11.5 Å².